The van der Waals surface area contributed by atoms with Crippen molar-refractivity contribution in [2.24, 2.45) is 4.36 Å². The Morgan fingerprint density at radius 2 is 1.87 bits per heavy atom. The van der Waals surface area contributed by atoms with Crippen molar-refractivity contribution in [3.63, 3.8) is 0 Å². The van der Waals surface area contributed by atoms with E-state index in [-0.39, 0.29) is 0 Å². The average Bonchev–Trinajstić information content (AvgIpc) is 1.99. The van der Waals surface area contributed by atoms with Gasteiger partial charge in [-0.1, -0.05) is 6.07 Å². The number of benzene rings is 1. The Kier molecular flexibility index (Phi) is 3.04. The van der Waals surface area contributed by atoms with Crippen LogP contribution in [0.4, 0.5) is 13.6 Å². The third kappa shape index (κ3) is 2.50. The second-order valence-electron chi connectivity index (χ2n) is 2.73. The normalized spacial score (nSPS) is 14.3. The second kappa shape index (κ2) is 3.93. The fourth-order valence-corrected chi connectivity index (χ4v) is 2.29. The van der Waals surface area contributed by atoms with E-state index in [4.69, 9.17) is 5.11 Å². The summed E-state index contributed by atoms with van der Waals surface area (Å²) in [7, 11) is -3.60. The number of hydrogen-bond donors (Lipinski definition) is 1. The van der Waals surface area contributed by atoms with Crippen LogP contribution in [0.3, 0.4) is 0 Å². The molecule has 15 heavy (non-hydrogen) atoms. The van der Waals surface area contributed by atoms with E-state index in [1.165, 1.54) is 0 Å². The second-order valence-corrected chi connectivity index (χ2v) is 4.92. The molecule has 0 aliphatic heterocycles. The lowest BCUT2D eigenvalue weighted by Crippen LogP contribution is -2.06. The van der Waals surface area contributed by atoms with Gasteiger partial charge in [0.05, 0.1) is 9.73 Å². The molecule has 1 aromatic carbocycles. The minimum absolute atomic E-state index is 0.813. The standard InChI is InChI=1S/C8H7F2NO3S/c1-15(14,11-8(12)13)7-5(9)3-2-4-6(7)10/h2-4H,1H3,(H,12,13). The Morgan fingerprint density at radius 1 is 1.40 bits per heavy atom. The van der Waals surface area contributed by atoms with Crippen LogP contribution in [-0.4, -0.2) is 21.7 Å². The van der Waals surface area contributed by atoms with E-state index in [1.807, 2.05) is 0 Å². The zero-order valence-corrected chi connectivity index (χ0v) is 8.42. The molecule has 1 N–H and O–H groups in total. The van der Waals surface area contributed by atoms with Crippen molar-refractivity contribution < 1.29 is 22.9 Å². The smallest absolute Gasteiger partial charge is 0.439 e. The van der Waals surface area contributed by atoms with Gasteiger partial charge in [0.15, 0.2) is 0 Å². The van der Waals surface area contributed by atoms with Gasteiger partial charge >= 0.3 is 6.09 Å². The van der Waals surface area contributed by atoms with Crippen LogP contribution in [0, 0.1) is 11.6 Å². The van der Waals surface area contributed by atoms with Crippen LogP contribution in [-0.2, 0) is 9.73 Å². The summed E-state index contributed by atoms with van der Waals surface area (Å²) in [6, 6.07) is 2.86. The van der Waals surface area contributed by atoms with Crippen LogP contribution in [0.15, 0.2) is 27.5 Å². The van der Waals surface area contributed by atoms with Crippen LogP contribution in [0.5, 0.6) is 0 Å². The highest BCUT2D eigenvalue weighted by molar-refractivity contribution is 7.93. The van der Waals surface area contributed by atoms with Crippen LogP contribution in [0.2, 0.25) is 0 Å². The average molecular weight is 235 g/mol. The van der Waals surface area contributed by atoms with Crippen LogP contribution >= 0.6 is 0 Å². The molecule has 0 radical (unpaired) electrons. The van der Waals surface area contributed by atoms with Gasteiger partial charge in [0.1, 0.15) is 16.5 Å². The SMILES string of the molecule is CS(=O)(=NC(=O)O)c1c(F)cccc1F. The quantitative estimate of drug-likeness (QED) is 0.810. The molecule has 0 saturated heterocycles. The van der Waals surface area contributed by atoms with Gasteiger partial charge < -0.3 is 5.11 Å². The van der Waals surface area contributed by atoms with Crippen molar-refractivity contribution in [1.29, 1.82) is 0 Å². The van der Waals surface area contributed by atoms with Gasteiger partial charge in [0, 0.05) is 6.26 Å². The first-order valence-corrected chi connectivity index (χ1v) is 5.66. The summed E-state index contributed by atoms with van der Waals surface area (Å²) < 4.78 is 40.6. The Balaban J connectivity index is 3.53. The third-order valence-electron chi connectivity index (χ3n) is 1.55. The van der Waals surface area contributed by atoms with E-state index in [9.17, 15) is 17.8 Å². The number of rotatable bonds is 1. The first-order valence-electron chi connectivity index (χ1n) is 3.73. The largest absolute Gasteiger partial charge is 0.463 e. The molecule has 0 saturated carbocycles. The van der Waals surface area contributed by atoms with Crippen LogP contribution < -0.4 is 0 Å². The van der Waals surface area contributed by atoms with E-state index in [1.54, 1.807) is 0 Å². The fraction of sp³-hybridized carbons (Fsp3) is 0.125. The minimum atomic E-state index is -3.60. The van der Waals surface area contributed by atoms with Gasteiger partial charge in [-0.3, -0.25) is 0 Å². The maximum Gasteiger partial charge on any atom is 0.439 e. The van der Waals surface area contributed by atoms with Gasteiger partial charge in [-0.2, -0.15) is 0 Å². The lowest BCUT2D eigenvalue weighted by atomic mass is 10.3. The third-order valence-corrected chi connectivity index (χ3v) is 3.20. The van der Waals surface area contributed by atoms with E-state index in [2.05, 4.69) is 4.36 Å². The summed E-state index contributed by atoms with van der Waals surface area (Å²) >= 11 is 0. The molecule has 7 heteroatoms. The molecule has 0 bridgehead atoms. The van der Waals surface area contributed by atoms with Crippen molar-refractivity contribution in [2.75, 3.05) is 6.26 Å². The fourth-order valence-electron chi connectivity index (χ4n) is 1.04. The van der Waals surface area contributed by atoms with E-state index in [0.717, 1.165) is 24.5 Å². The number of carbonyl (C=O) groups is 1. The molecule has 1 amide bonds. The van der Waals surface area contributed by atoms with Gasteiger partial charge in [-0.05, 0) is 12.1 Å². The van der Waals surface area contributed by atoms with Gasteiger partial charge in [0.2, 0.25) is 0 Å². The Hall–Kier alpha value is -1.50. The number of hydrogen-bond acceptors (Lipinski definition) is 2. The summed E-state index contributed by atoms with van der Waals surface area (Å²) in [4.78, 5) is 9.41. The molecular weight excluding hydrogens is 228 g/mol. The molecular formula is C8H7F2NO3S. The highest BCUT2D eigenvalue weighted by Gasteiger charge is 2.18. The summed E-state index contributed by atoms with van der Waals surface area (Å²) in [6.07, 6.45) is -0.868. The minimum Gasteiger partial charge on any atom is -0.463 e. The van der Waals surface area contributed by atoms with Crippen molar-refractivity contribution >= 4 is 15.8 Å². The predicted octanol–water partition coefficient (Wildman–Crippen LogP) is 2.10. The molecule has 1 atom stereocenters. The maximum absolute atomic E-state index is 13.1. The first kappa shape index (κ1) is 11.6. The molecule has 0 heterocycles. The molecule has 0 aromatic heterocycles. The molecule has 0 aliphatic rings. The topological polar surface area (TPSA) is 66.7 Å². The monoisotopic (exact) mass is 235 g/mol. The van der Waals surface area contributed by atoms with Crippen LogP contribution in [0.1, 0.15) is 0 Å². The summed E-state index contributed by atoms with van der Waals surface area (Å²) in [6.45, 7) is 0. The summed E-state index contributed by atoms with van der Waals surface area (Å²) in [5.41, 5.74) is 0. The summed E-state index contributed by atoms with van der Waals surface area (Å²) in [5.74, 6) is -2.15. The molecule has 1 aromatic rings. The molecule has 0 fully saturated rings. The zero-order valence-electron chi connectivity index (χ0n) is 7.61. The number of carboxylic acid groups (broad SMARTS) is 1. The zero-order chi connectivity index (χ0) is 11.6. The molecule has 1 rings (SSSR count). The number of nitrogens with zero attached hydrogens (tertiary/aromatic N) is 1. The Morgan fingerprint density at radius 3 is 2.27 bits per heavy atom. The van der Waals surface area contributed by atoms with Crippen molar-refractivity contribution in [2.45, 2.75) is 4.90 Å². The lowest BCUT2D eigenvalue weighted by Gasteiger charge is -2.05. The lowest BCUT2D eigenvalue weighted by molar-refractivity contribution is 0.206. The molecule has 4 nitrogen and oxygen atoms in total. The van der Waals surface area contributed by atoms with Gasteiger partial charge in [0.25, 0.3) is 0 Å². The first-order chi connectivity index (χ1) is 6.84. The van der Waals surface area contributed by atoms with Crippen LogP contribution in [0.25, 0.3) is 0 Å². The Bertz CT molecular complexity index is 500. The molecule has 82 valence electrons. The van der Waals surface area contributed by atoms with Gasteiger partial charge in [-0.15, -0.1) is 4.36 Å². The molecule has 1 unspecified atom stereocenters. The molecule has 0 spiro atoms. The summed E-state index contributed by atoms with van der Waals surface area (Å²) in [5, 5.41) is 8.30. The maximum atomic E-state index is 13.1. The van der Waals surface area contributed by atoms with Gasteiger partial charge in [-0.25, -0.2) is 17.8 Å². The highest BCUT2D eigenvalue weighted by atomic mass is 32.2. The van der Waals surface area contributed by atoms with Crippen molar-refractivity contribution in [3.05, 3.63) is 29.8 Å². The van der Waals surface area contributed by atoms with E-state index < -0.39 is 32.4 Å². The predicted molar refractivity (Wildman–Crippen MR) is 49.1 cm³/mol. The Labute approximate surface area is 84.7 Å². The highest BCUT2D eigenvalue weighted by Crippen LogP contribution is 2.19. The number of halogens is 2. The van der Waals surface area contributed by atoms with Crippen molar-refractivity contribution in [1.82, 2.24) is 0 Å². The number of amides is 1. The van der Waals surface area contributed by atoms with E-state index >= 15 is 0 Å². The van der Waals surface area contributed by atoms with Crippen molar-refractivity contribution in [3.8, 4) is 0 Å². The van der Waals surface area contributed by atoms with E-state index in [0.29, 0.717) is 0 Å². The molecule has 0 aliphatic carbocycles.